The summed E-state index contributed by atoms with van der Waals surface area (Å²) in [5.41, 5.74) is 2.94. The van der Waals surface area contributed by atoms with Crippen molar-refractivity contribution in [3.8, 4) is 0 Å². The van der Waals surface area contributed by atoms with Crippen LogP contribution in [0.3, 0.4) is 0 Å². The van der Waals surface area contributed by atoms with Gasteiger partial charge in [0.1, 0.15) is 0 Å². The summed E-state index contributed by atoms with van der Waals surface area (Å²) in [5, 5.41) is 0. The van der Waals surface area contributed by atoms with Crippen molar-refractivity contribution in [1.82, 2.24) is 0 Å². The van der Waals surface area contributed by atoms with Gasteiger partial charge >= 0.3 is 0 Å². The smallest absolute Gasteiger partial charge is 0.0144 e. The van der Waals surface area contributed by atoms with Crippen LogP contribution in [0.1, 0.15) is 52.9 Å². The first-order valence-corrected chi connectivity index (χ1v) is 5.90. The molecule has 0 bridgehead atoms. The van der Waals surface area contributed by atoms with E-state index < -0.39 is 0 Å². The SMILES string of the molecule is C=CC/C(C)=C/CC/C(C)=C/CC[CH-]C. The summed E-state index contributed by atoms with van der Waals surface area (Å²) in [7, 11) is 0. The van der Waals surface area contributed by atoms with Crippen molar-refractivity contribution >= 4 is 0 Å². The van der Waals surface area contributed by atoms with Crippen LogP contribution in [0.5, 0.6) is 0 Å². The van der Waals surface area contributed by atoms with Gasteiger partial charge in [0.05, 0.1) is 0 Å². The van der Waals surface area contributed by atoms with Gasteiger partial charge in [-0.3, -0.25) is 0 Å². The van der Waals surface area contributed by atoms with E-state index in [9.17, 15) is 0 Å². The monoisotopic (exact) mass is 205 g/mol. The van der Waals surface area contributed by atoms with Crippen LogP contribution >= 0.6 is 0 Å². The Hall–Kier alpha value is -0.780. The second-order valence-corrected chi connectivity index (χ2v) is 4.12. The van der Waals surface area contributed by atoms with Crippen molar-refractivity contribution in [2.45, 2.75) is 52.9 Å². The molecule has 86 valence electrons. The second-order valence-electron chi connectivity index (χ2n) is 4.12. The van der Waals surface area contributed by atoms with E-state index in [1.807, 2.05) is 6.08 Å². The van der Waals surface area contributed by atoms with Gasteiger partial charge in [0, 0.05) is 0 Å². The predicted molar refractivity (Wildman–Crippen MR) is 70.8 cm³/mol. The van der Waals surface area contributed by atoms with Gasteiger partial charge in [0.15, 0.2) is 0 Å². The summed E-state index contributed by atoms with van der Waals surface area (Å²) in [6, 6.07) is 0. The maximum absolute atomic E-state index is 3.74. The van der Waals surface area contributed by atoms with Gasteiger partial charge in [-0.2, -0.15) is 13.3 Å². The van der Waals surface area contributed by atoms with Crippen molar-refractivity contribution in [3.05, 3.63) is 42.4 Å². The number of rotatable bonds is 8. The summed E-state index contributed by atoms with van der Waals surface area (Å²) in [6.45, 7) is 10.3. The third kappa shape index (κ3) is 9.52. The van der Waals surface area contributed by atoms with E-state index in [1.165, 1.54) is 30.4 Å². The van der Waals surface area contributed by atoms with Crippen molar-refractivity contribution in [2.75, 3.05) is 0 Å². The van der Waals surface area contributed by atoms with Crippen LogP contribution in [0.4, 0.5) is 0 Å². The first-order chi connectivity index (χ1) is 7.20. The molecule has 0 atom stereocenters. The van der Waals surface area contributed by atoms with Gasteiger partial charge < -0.3 is 6.42 Å². The third-order valence-corrected chi connectivity index (χ3v) is 2.45. The number of hydrogen-bond donors (Lipinski definition) is 0. The van der Waals surface area contributed by atoms with Crippen molar-refractivity contribution < 1.29 is 0 Å². The number of hydrogen-bond acceptors (Lipinski definition) is 0. The van der Waals surface area contributed by atoms with Gasteiger partial charge in [-0.1, -0.05) is 35.8 Å². The van der Waals surface area contributed by atoms with Gasteiger partial charge in [-0.15, -0.1) is 6.58 Å². The molecule has 0 fully saturated rings. The van der Waals surface area contributed by atoms with E-state index in [-0.39, 0.29) is 0 Å². The summed E-state index contributed by atoms with van der Waals surface area (Å²) in [6.07, 6.45) is 14.6. The van der Waals surface area contributed by atoms with E-state index in [2.05, 4.69) is 45.9 Å². The molecule has 0 N–H and O–H groups in total. The molecule has 0 aliphatic carbocycles. The fraction of sp³-hybridized carbons (Fsp3) is 0.533. The molecule has 0 aromatic heterocycles. The minimum atomic E-state index is 1.02. The molecule has 0 aromatic carbocycles. The molecular weight excluding hydrogens is 180 g/mol. The molecular formula is C15H25-. The zero-order valence-electron chi connectivity index (χ0n) is 10.6. The van der Waals surface area contributed by atoms with Crippen molar-refractivity contribution in [3.63, 3.8) is 0 Å². The Morgan fingerprint density at radius 2 is 1.80 bits per heavy atom. The van der Waals surface area contributed by atoms with E-state index in [0.29, 0.717) is 0 Å². The van der Waals surface area contributed by atoms with Crippen LogP contribution in [0, 0.1) is 6.42 Å². The molecule has 0 saturated carbocycles. The average molecular weight is 205 g/mol. The Labute approximate surface area is 95.8 Å². The first kappa shape index (κ1) is 14.2. The normalized spacial score (nSPS) is 13.0. The zero-order valence-corrected chi connectivity index (χ0v) is 10.6. The lowest BCUT2D eigenvalue weighted by molar-refractivity contribution is 0.914. The maximum Gasteiger partial charge on any atom is -0.0144 e. The number of allylic oxidation sites excluding steroid dienone is 5. The number of unbranched alkanes of at least 4 members (excludes halogenated alkanes) is 2. The second kappa shape index (κ2) is 9.76. The topological polar surface area (TPSA) is 0 Å². The highest BCUT2D eigenvalue weighted by molar-refractivity contribution is 5.06. The van der Waals surface area contributed by atoms with Gasteiger partial charge in [-0.25, -0.2) is 0 Å². The van der Waals surface area contributed by atoms with Crippen LogP contribution in [0.25, 0.3) is 0 Å². The minimum Gasteiger partial charge on any atom is -0.331 e. The van der Waals surface area contributed by atoms with Gasteiger partial charge in [0.2, 0.25) is 0 Å². The molecule has 0 heterocycles. The molecule has 0 unspecified atom stereocenters. The summed E-state index contributed by atoms with van der Waals surface area (Å²) >= 11 is 0. The zero-order chi connectivity index (χ0) is 11.5. The molecule has 0 heteroatoms. The van der Waals surface area contributed by atoms with Crippen LogP contribution < -0.4 is 0 Å². The summed E-state index contributed by atoms with van der Waals surface area (Å²) in [4.78, 5) is 0. The van der Waals surface area contributed by atoms with Gasteiger partial charge in [-0.05, 0) is 33.1 Å². The molecule has 0 amide bonds. The van der Waals surface area contributed by atoms with E-state index >= 15 is 0 Å². The predicted octanol–water partition coefficient (Wildman–Crippen LogP) is 5.24. The minimum absolute atomic E-state index is 1.02. The van der Waals surface area contributed by atoms with Crippen molar-refractivity contribution in [2.24, 2.45) is 0 Å². The molecule has 15 heavy (non-hydrogen) atoms. The van der Waals surface area contributed by atoms with E-state index in [4.69, 9.17) is 0 Å². The lowest BCUT2D eigenvalue weighted by Gasteiger charge is -2.02. The molecule has 0 nitrogen and oxygen atoms in total. The molecule has 0 aliphatic rings. The van der Waals surface area contributed by atoms with Gasteiger partial charge in [0.25, 0.3) is 0 Å². The van der Waals surface area contributed by atoms with E-state index in [1.54, 1.807) is 0 Å². The highest BCUT2D eigenvalue weighted by atomic mass is 14.0. The molecule has 0 radical (unpaired) electrons. The Morgan fingerprint density at radius 1 is 1.13 bits per heavy atom. The molecule has 0 saturated heterocycles. The molecule has 0 spiro atoms. The van der Waals surface area contributed by atoms with E-state index in [0.717, 1.165) is 12.8 Å². The Bertz CT molecular complexity index is 218. The average Bonchev–Trinajstić information content (AvgIpc) is 2.18. The maximum atomic E-state index is 3.74. The van der Waals surface area contributed by atoms with Crippen LogP contribution in [0.15, 0.2) is 36.0 Å². The summed E-state index contributed by atoms with van der Waals surface area (Å²) < 4.78 is 0. The largest absolute Gasteiger partial charge is 0.331 e. The first-order valence-electron chi connectivity index (χ1n) is 5.90. The van der Waals surface area contributed by atoms with Crippen LogP contribution in [-0.2, 0) is 0 Å². The Morgan fingerprint density at radius 3 is 2.40 bits per heavy atom. The van der Waals surface area contributed by atoms with Crippen molar-refractivity contribution in [1.29, 1.82) is 0 Å². The standard InChI is InChI=1S/C15H25/c1-5-7-8-11-15(4)13-9-12-14(3)10-6-2/h5-6,11-12H,2,7-10,13H2,1,3-4H3/q-1/b14-12+,15-11+. The molecule has 0 aliphatic heterocycles. The summed E-state index contributed by atoms with van der Waals surface area (Å²) in [5.74, 6) is 0. The Balaban J connectivity index is 3.70. The Kier molecular flexibility index (Phi) is 9.26. The highest BCUT2D eigenvalue weighted by Gasteiger charge is 1.89. The lowest BCUT2D eigenvalue weighted by Crippen LogP contribution is -1.79. The third-order valence-electron chi connectivity index (χ3n) is 2.45. The molecule has 0 rings (SSSR count). The van der Waals surface area contributed by atoms with Crippen LogP contribution in [0.2, 0.25) is 0 Å². The highest BCUT2D eigenvalue weighted by Crippen LogP contribution is 2.10. The van der Waals surface area contributed by atoms with Crippen LogP contribution in [-0.4, -0.2) is 0 Å². The quantitative estimate of drug-likeness (QED) is 0.289. The fourth-order valence-corrected chi connectivity index (χ4v) is 1.46. The molecule has 0 aromatic rings. The fourth-order valence-electron chi connectivity index (χ4n) is 1.46. The lowest BCUT2D eigenvalue weighted by atomic mass is 10.1.